The Balaban J connectivity index is 1.47. The summed E-state index contributed by atoms with van der Waals surface area (Å²) < 4.78 is 51.9. The van der Waals surface area contributed by atoms with Gasteiger partial charge in [-0.05, 0) is 117 Å². The maximum atomic E-state index is 15.0. The highest BCUT2D eigenvalue weighted by atomic mass is 19.2. The molecule has 0 radical (unpaired) electrons. The van der Waals surface area contributed by atoms with Crippen molar-refractivity contribution < 1.29 is 66.4 Å². The summed E-state index contributed by atoms with van der Waals surface area (Å²) in [5.41, 5.74) is -0.804. The second kappa shape index (κ2) is 25.5. The number of rotatable bonds is 19. The lowest BCUT2D eigenvalue weighted by molar-refractivity contribution is -0.137. The van der Waals surface area contributed by atoms with Gasteiger partial charge in [0.25, 0.3) is 5.91 Å². The van der Waals surface area contributed by atoms with Gasteiger partial charge in [-0.25, -0.2) is 28.7 Å². The molecule has 4 aromatic rings. The number of amides is 6. The van der Waals surface area contributed by atoms with Crippen molar-refractivity contribution in [3.05, 3.63) is 71.7 Å². The van der Waals surface area contributed by atoms with E-state index in [1.54, 1.807) is 91.1 Å². The first-order valence-corrected chi connectivity index (χ1v) is 23.5. The van der Waals surface area contributed by atoms with E-state index in [0.29, 0.717) is 34.7 Å². The Hall–Kier alpha value is -8.12. The van der Waals surface area contributed by atoms with Crippen LogP contribution in [0, 0.1) is 11.6 Å². The summed E-state index contributed by atoms with van der Waals surface area (Å²) in [6.07, 6.45) is 0.915. The lowest BCUT2D eigenvalue weighted by Gasteiger charge is -2.26. The van der Waals surface area contributed by atoms with E-state index in [2.05, 4.69) is 52.2 Å². The summed E-state index contributed by atoms with van der Waals surface area (Å²) in [6.45, 7) is 15.6. The minimum atomic E-state index is -1.54. The molecule has 0 aliphatic carbocycles. The Morgan fingerprint density at radius 2 is 1.45 bits per heavy atom. The van der Waals surface area contributed by atoms with Gasteiger partial charge in [0, 0.05) is 55.3 Å². The Kier molecular flexibility index (Phi) is 20.1. The maximum absolute atomic E-state index is 15.0. The van der Waals surface area contributed by atoms with E-state index in [4.69, 9.17) is 18.9 Å². The number of ether oxygens (including phenoxy) is 4. The van der Waals surface area contributed by atoms with Crippen molar-refractivity contribution >= 4 is 65.1 Å². The number of fused-ring (bicyclic) bond motifs is 1. The molecular weight excluding hydrogens is 973 g/mol. The monoisotopic (exact) mass is 1040 g/mol. The fourth-order valence-corrected chi connectivity index (χ4v) is 6.69. The highest BCUT2D eigenvalue weighted by Gasteiger charge is 2.30. The highest BCUT2D eigenvalue weighted by Crippen LogP contribution is 2.32. The number of aryl methyl sites for hydroxylation is 1. The summed E-state index contributed by atoms with van der Waals surface area (Å²) in [5, 5.41) is 27.8. The number of methoxy groups -OCH3 is 1. The predicted molar refractivity (Wildman–Crippen MR) is 267 cm³/mol. The van der Waals surface area contributed by atoms with Gasteiger partial charge in [0.1, 0.15) is 28.9 Å². The minimum Gasteiger partial charge on any atom is -0.494 e. The smallest absolute Gasteiger partial charge is 0.437 e. The van der Waals surface area contributed by atoms with E-state index in [-0.39, 0.29) is 36.5 Å². The van der Waals surface area contributed by atoms with Crippen molar-refractivity contribution in [1.82, 2.24) is 46.3 Å². The maximum Gasteiger partial charge on any atom is 0.437 e. The molecule has 0 saturated carbocycles. The van der Waals surface area contributed by atoms with Crippen LogP contribution in [-0.4, -0.2) is 123 Å². The molecule has 2 aromatic carbocycles. The molecule has 2 atom stereocenters. The molecular formula is C49H65F2N11O12. The topological polar surface area (TPSA) is 303 Å². The number of hydrogen-bond donors (Lipinski definition) is 8. The van der Waals surface area contributed by atoms with Crippen LogP contribution >= 0.6 is 0 Å². The Labute approximate surface area is 426 Å². The summed E-state index contributed by atoms with van der Waals surface area (Å²) in [4.78, 5) is 103. The van der Waals surface area contributed by atoms with Gasteiger partial charge in [-0.1, -0.05) is 6.92 Å². The number of carboxylic acids is 1. The summed E-state index contributed by atoms with van der Waals surface area (Å²) >= 11 is 0. The summed E-state index contributed by atoms with van der Waals surface area (Å²) in [6, 6.07) is 4.70. The van der Waals surface area contributed by atoms with Crippen molar-refractivity contribution in [2.24, 2.45) is 4.99 Å². The van der Waals surface area contributed by atoms with Crippen LogP contribution in [-0.2, 0) is 35.0 Å². The van der Waals surface area contributed by atoms with E-state index >= 15 is 4.39 Å². The third-order valence-corrected chi connectivity index (χ3v) is 9.88. The molecule has 4 rings (SSSR count). The number of aromatic nitrogens is 3. The van der Waals surface area contributed by atoms with Crippen LogP contribution in [0.2, 0.25) is 0 Å². The van der Waals surface area contributed by atoms with Crippen LogP contribution in [0.3, 0.4) is 0 Å². The number of imidazole rings is 1. The standard InChI is InChI=1S/C49H65F2N11O12/c1-12-27-24-28(57-38-39-55-26-33(62(39)23-22-52-38)30-16-18-34(71-11)37(51)36(30)50)14-15-29(27)40(65)53-20-13-21-54-41(66)32(58-42(67)31(17-19-35(63)64)59-44(68)72-47(2,3)4)25-56-43(60-45(69)73-48(5,6)7)61-46(70)74-49(8,9)10/h14-16,18,22-24,26,31-32H,12-13,17,19-21,25H2,1-11H3,(H,52,57)(H,53,65)(H,54,66)(H,58,67)(H,59,68)(H,63,64)(H2,56,60,61,69,70)/t31-,32?/m0/s1. The van der Waals surface area contributed by atoms with Crippen LogP contribution in [0.4, 0.5) is 34.7 Å². The quantitative estimate of drug-likeness (QED) is 0.0236. The molecule has 74 heavy (non-hydrogen) atoms. The molecule has 0 aliphatic rings. The van der Waals surface area contributed by atoms with Crippen molar-refractivity contribution in [2.75, 3.05) is 32.1 Å². The van der Waals surface area contributed by atoms with E-state index < -0.39 is 108 Å². The van der Waals surface area contributed by atoms with Crippen LogP contribution < -0.4 is 42.0 Å². The molecule has 2 heterocycles. The van der Waals surface area contributed by atoms with Crippen LogP contribution in [0.5, 0.6) is 5.75 Å². The molecule has 0 fully saturated rings. The fraction of sp³-hybridized carbons (Fsp3) is 0.469. The van der Waals surface area contributed by atoms with Gasteiger partial charge < -0.3 is 56.0 Å². The number of nitrogens with zero attached hydrogens (tertiary/aromatic N) is 4. The second-order valence-corrected chi connectivity index (χ2v) is 19.4. The number of anilines is 2. The average Bonchev–Trinajstić information content (AvgIpc) is 3.72. The zero-order chi connectivity index (χ0) is 55.1. The number of halogens is 2. The number of guanidine groups is 1. The predicted octanol–water partition coefficient (Wildman–Crippen LogP) is 5.87. The van der Waals surface area contributed by atoms with Crippen LogP contribution in [0.25, 0.3) is 16.9 Å². The molecule has 8 N–H and O–H groups in total. The Bertz CT molecular complexity index is 2730. The van der Waals surface area contributed by atoms with Crippen molar-refractivity contribution in [2.45, 2.75) is 124 Å². The molecule has 6 amide bonds. The van der Waals surface area contributed by atoms with E-state index in [9.17, 15) is 43.1 Å². The Morgan fingerprint density at radius 1 is 0.784 bits per heavy atom. The first kappa shape index (κ1) is 58.5. The number of benzene rings is 2. The number of carbonyl (C=O) groups is 7. The van der Waals surface area contributed by atoms with Crippen molar-refractivity contribution in [3.63, 3.8) is 0 Å². The van der Waals surface area contributed by atoms with Gasteiger partial charge in [-0.3, -0.25) is 28.9 Å². The molecule has 402 valence electrons. The third-order valence-electron chi connectivity index (χ3n) is 9.88. The number of alkyl carbamates (subject to hydrolysis) is 2. The summed E-state index contributed by atoms with van der Waals surface area (Å²) in [5.74, 6) is -6.17. The normalized spacial score (nSPS) is 12.6. The molecule has 0 aliphatic heterocycles. The second-order valence-electron chi connectivity index (χ2n) is 19.4. The molecule has 0 bridgehead atoms. The molecule has 25 heteroatoms. The van der Waals surface area contributed by atoms with Crippen molar-refractivity contribution in [1.29, 1.82) is 0 Å². The molecule has 1 unspecified atom stereocenters. The lowest BCUT2D eigenvalue weighted by atomic mass is 10.0. The number of aliphatic imine (C=N–C) groups is 1. The number of aliphatic carboxylic acids is 1. The lowest BCUT2D eigenvalue weighted by Crippen LogP contribution is -2.58. The van der Waals surface area contributed by atoms with Crippen LogP contribution in [0.15, 0.2) is 53.9 Å². The van der Waals surface area contributed by atoms with Gasteiger partial charge >= 0.3 is 24.2 Å². The number of carboxylic acid groups (broad SMARTS) is 1. The summed E-state index contributed by atoms with van der Waals surface area (Å²) in [7, 11) is 1.24. The molecule has 0 spiro atoms. The highest BCUT2D eigenvalue weighted by molar-refractivity contribution is 6.00. The number of hydrogen-bond acceptors (Lipinski definition) is 14. The largest absolute Gasteiger partial charge is 0.494 e. The molecule has 23 nitrogen and oxygen atoms in total. The number of carbonyl (C=O) groups excluding carboxylic acids is 6. The minimum absolute atomic E-state index is 0.0382. The van der Waals surface area contributed by atoms with E-state index in [1.807, 2.05) is 6.92 Å². The first-order valence-electron chi connectivity index (χ1n) is 23.5. The average molecular weight is 1040 g/mol. The third kappa shape index (κ3) is 18.2. The van der Waals surface area contributed by atoms with Gasteiger partial charge in [-0.2, -0.15) is 4.39 Å². The van der Waals surface area contributed by atoms with Gasteiger partial charge in [0.05, 0.1) is 19.0 Å². The van der Waals surface area contributed by atoms with E-state index in [0.717, 1.165) is 0 Å². The van der Waals surface area contributed by atoms with Gasteiger partial charge in [0.15, 0.2) is 23.0 Å². The van der Waals surface area contributed by atoms with Gasteiger partial charge in [-0.15, -0.1) is 4.99 Å². The molecule has 2 aromatic heterocycles. The SMILES string of the molecule is CCc1cc(Nc2nccn3c(-c4ccc(OC)c(F)c4F)cnc23)ccc1C(=O)NCCCNC(=O)C(CN/C(=N\C(=O)OC(C)(C)C)NC(=O)OC(C)(C)C)NC(=O)[C@H](CCC(=O)O)NC(=O)OC(C)(C)C. The molecule has 0 saturated heterocycles. The zero-order valence-electron chi connectivity index (χ0n) is 43.2. The first-order chi connectivity index (χ1) is 34.6. The van der Waals surface area contributed by atoms with Crippen LogP contribution in [0.1, 0.15) is 104 Å². The van der Waals surface area contributed by atoms with E-state index in [1.165, 1.54) is 31.6 Å². The Morgan fingerprint density at radius 3 is 2.08 bits per heavy atom. The van der Waals surface area contributed by atoms with Gasteiger partial charge in [0.2, 0.25) is 23.6 Å². The van der Waals surface area contributed by atoms with Crippen molar-refractivity contribution in [3.8, 4) is 17.0 Å². The number of nitrogens with one attached hydrogen (secondary N) is 7. The zero-order valence-corrected chi connectivity index (χ0v) is 43.2. The fourth-order valence-electron chi connectivity index (χ4n) is 6.69.